The molecule has 3 nitrogen and oxygen atoms in total. The molecule has 92 valence electrons. The van der Waals surface area contributed by atoms with Crippen molar-refractivity contribution < 1.29 is 14.3 Å². The van der Waals surface area contributed by atoms with Crippen molar-refractivity contribution in [2.45, 2.75) is 33.3 Å². The van der Waals surface area contributed by atoms with Crippen molar-refractivity contribution in [3.05, 3.63) is 27.5 Å². The Morgan fingerprint density at radius 1 is 1.29 bits per heavy atom. The van der Waals surface area contributed by atoms with Gasteiger partial charge in [-0.3, -0.25) is 4.79 Å². The standard InChI is InChI=1S/C13H16O3S/c1-9(12(15)16-13(2,3)4)7-10-5-6-11(8-14)17-10/h5-8H,1-4H3/b9-7+. The Balaban J connectivity index is 2.78. The van der Waals surface area contributed by atoms with Crippen LogP contribution in [0, 0.1) is 0 Å². The molecule has 0 saturated heterocycles. The Morgan fingerprint density at radius 3 is 2.35 bits per heavy atom. The molecule has 0 fully saturated rings. The Labute approximate surface area is 105 Å². The SMILES string of the molecule is C/C(=C\c1ccc(C=O)s1)C(=O)OC(C)(C)C. The van der Waals surface area contributed by atoms with Crippen LogP contribution in [0.5, 0.6) is 0 Å². The lowest BCUT2D eigenvalue weighted by Gasteiger charge is -2.19. The van der Waals surface area contributed by atoms with Crippen LogP contribution in [0.2, 0.25) is 0 Å². The number of carbonyl (C=O) groups excluding carboxylic acids is 2. The third-order valence-electron chi connectivity index (χ3n) is 1.84. The summed E-state index contributed by atoms with van der Waals surface area (Å²) in [6.45, 7) is 7.18. The smallest absolute Gasteiger partial charge is 0.334 e. The van der Waals surface area contributed by atoms with Gasteiger partial charge in [-0.1, -0.05) is 0 Å². The van der Waals surface area contributed by atoms with Crippen LogP contribution >= 0.6 is 11.3 Å². The van der Waals surface area contributed by atoms with Crippen LogP contribution in [0.4, 0.5) is 0 Å². The molecule has 0 N–H and O–H groups in total. The van der Waals surface area contributed by atoms with Gasteiger partial charge in [0.1, 0.15) is 5.60 Å². The highest BCUT2D eigenvalue weighted by atomic mass is 32.1. The van der Waals surface area contributed by atoms with E-state index in [1.807, 2.05) is 26.8 Å². The average Bonchev–Trinajstić information content (AvgIpc) is 2.62. The van der Waals surface area contributed by atoms with E-state index in [0.717, 1.165) is 11.2 Å². The van der Waals surface area contributed by atoms with Gasteiger partial charge in [-0.15, -0.1) is 11.3 Å². The number of esters is 1. The Kier molecular flexibility index (Phi) is 4.23. The minimum absolute atomic E-state index is 0.335. The summed E-state index contributed by atoms with van der Waals surface area (Å²) in [6.07, 6.45) is 2.52. The van der Waals surface area contributed by atoms with Crippen molar-refractivity contribution >= 4 is 29.7 Å². The largest absolute Gasteiger partial charge is 0.457 e. The molecule has 0 aliphatic rings. The Hall–Kier alpha value is -1.42. The molecule has 4 heteroatoms. The van der Waals surface area contributed by atoms with Crippen LogP contribution in [0.3, 0.4) is 0 Å². The first kappa shape index (κ1) is 13.6. The second-order valence-corrected chi connectivity index (χ2v) is 5.83. The van der Waals surface area contributed by atoms with Crippen LogP contribution in [0.1, 0.15) is 42.2 Å². The van der Waals surface area contributed by atoms with E-state index < -0.39 is 5.60 Å². The van der Waals surface area contributed by atoms with E-state index in [2.05, 4.69) is 0 Å². The highest BCUT2D eigenvalue weighted by Crippen LogP contribution is 2.19. The molecule has 1 heterocycles. The topological polar surface area (TPSA) is 43.4 Å². The van der Waals surface area contributed by atoms with Crippen molar-refractivity contribution in [3.8, 4) is 0 Å². The van der Waals surface area contributed by atoms with E-state index in [1.165, 1.54) is 11.3 Å². The molecular formula is C13H16O3S. The normalized spacial score (nSPS) is 12.4. The molecule has 0 aliphatic carbocycles. The maximum absolute atomic E-state index is 11.7. The van der Waals surface area contributed by atoms with Crippen molar-refractivity contribution in [3.63, 3.8) is 0 Å². The van der Waals surface area contributed by atoms with Gasteiger partial charge in [-0.25, -0.2) is 4.79 Å². The summed E-state index contributed by atoms with van der Waals surface area (Å²) < 4.78 is 5.23. The molecule has 0 aromatic carbocycles. The maximum atomic E-state index is 11.7. The predicted octanol–water partition coefficient (Wildman–Crippen LogP) is 3.31. The zero-order valence-corrected chi connectivity index (χ0v) is 11.3. The minimum Gasteiger partial charge on any atom is -0.457 e. The molecule has 17 heavy (non-hydrogen) atoms. The lowest BCUT2D eigenvalue weighted by Crippen LogP contribution is -2.24. The fourth-order valence-corrected chi connectivity index (χ4v) is 1.97. The third kappa shape index (κ3) is 4.53. The number of hydrogen-bond donors (Lipinski definition) is 0. The fraction of sp³-hybridized carbons (Fsp3) is 0.385. The lowest BCUT2D eigenvalue weighted by atomic mass is 10.2. The molecule has 1 rings (SSSR count). The van der Waals surface area contributed by atoms with E-state index >= 15 is 0 Å². The summed E-state index contributed by atoms with van der Waals surface area (Å²) in [5.74, 6) is -0.335. The monoisotopic (exact) mass is 252 g/mol. The third-order valence-corrected chi connectivity index (χ3v) is 2.80. The van der Waals surface area contributed by atoms with Gasteiger partial charge in [0.25, 0.3) is 0 Å². The summed E-state index contributed by atoms with van der Waals surface area (Å²) in [5.41, 5.74) is 0.0366. The van der Waals surface area contributed by atoms with Crippen molar-refractivity contribution in [2.24, 2.45) is 0 Å². The first-order valence-electron chi connectivity index (χ1n) is 5.28. The van der Waals surface area contributed by atoms with Gasteiger partial charge in [-0.2, -0.15) is 0 Å². The summed E-state index contributed by atoms with van der Waals surface area (Å²) in [6, 6.07) is 3.54. The van der Waals surface area contributed by atoms with Gasteiger partial charge in [0.2, 0.25) is 0 Å². The fourth-order valence-electron chi connectivity index (χ4n) is 1.14. The number of carbonyl (C=O) groups is 2. The minimum atomic E-state index is -0.490. The van der Waals surface area contributed by atoms with Gasteiger partial charge < -0.3 is 4.74 Å². The highest BCUT2D eigenvalue weighted by molar-refractivity contribution is 7.14. The molecule has 1 aromatic heterocycles. The number of rotatable bonds is 3. The molecule has 1 aromatic rings. The van der Waals surface area contributed by atoms with E-state index in [0.29, 0.717) is 10.5 Å². The number of thiophene rings is 1. The van der Waals surface area contributed by atoms with Crippen molar-refractivity contribution in [2.75, 3.05) is 0 Å². The maximum Gasteiger partial charge on any atom is 0.334 e. The van der Waals surface area contributed by atoms with Crippen molar-refractivity contribution in [1.29, 1.82) is 0 Å². The number of aldehydes is 1. The van der Waals surface area contributed by atoms with Crippen molar-refractivity contribution in [1.82, 2.24) is 0 Å². The molecule has 0 bridgehead atoms. The summed E-state index contributed by atoms with van der Waals surface area (Å²) >= 11 is 1.34. The van der Waals surface area contributed by atoms with E-state index in [-0.39, 0.29) is 5.97 Å². The van der Waals surface area contributed by atoms with Crippen LogP contribution in [-0.2, 0) is 9.53 Å². The predicted molar refractivity (Wildman–Crippen MR) is 69.2 cm³/mol. The lowest BCUT2D eigenvalue weighted by molar-refractivity contribution is -0.149. The van der Waals surface area contributed by atoms with E-state index in [1.54, 1.807) is 19.1 Å². The average molecular weight is 252 g/mol. The summed E-state index contributed by atoms with van der Waals surface area (Å²) in [4.78, 5) is 23.7. The van der Waals surface area contributed by atoms with Crippen LogP contribution in [0.15, 0.2) is 17.7 Å². The molecule has 0 amide bonds. The summed E-state index contributed by atoms with van der Waals surface area (Å²) in [5, 5.41) is 0. The second-order valence-electron chi connectivity index (χ2n) is 4.69. The van der Waals surface area contributed by atoms with E-state index in [9.17, 15) is 9.59 Å². The molecule has 0 unspecified atom stereocenters. The molecular weight excluding hydrogens is 236 g/mol. The van der Waals surface area contributed by atoms with Gasteiger partial charge in [0.15, 0.2) is 6.29 Å². The summed E-state index contributed by atoms with van der Waals surface area (Å²) in [7, 11) is 0. The Morgan fingerprint density at radius 2 is 1.88 bits per heavy atom. The zero-order chi connectivity index (χ0) is 13.1. The first-order chi connectivity index (χ1) is 7.81. The Bertz CT molecular complexity index is 449. The number of hydrogen-bond acceptors (Lipinski definition) is 4. The molecule has 0 atom stereocenters. The van der Waals surface area contributed by atoms with Gasteiger partial charge >= 0.3 is 5.97 Å². The first-order valence-corrected chi connectivity index (χ1v) is 6.10. The molecule has 0 spiro atoms. The molecule has 0 aliphatic heterocycles. The van der Waals surface area contributed by atoms with Crippen LogP contribution < -0.4 is 0 Å². The van der Waals surface area contributed by atoms with E-state index in [4.69, 9.17) is 4.74 Å². The second kappa shape index (κ2) is 5.27. The molecule has 0 saturated carbocycles. The quantitative estimate of drug-likeness (QED) is 0.471. The highest BCUT2D eigenvalue weighted by Gasteiger charge is 2.17. The number of ether oxygens (including phenoxy) is 1. The zero-order valence-electron chi connectivity index (χ0n) is 10.4. The van der Waals surface area contributed by atoms with Gasteiger partial charge in [-0.05, 0) is 45.9 Å². The molecule has 0 radical (unpaired) electrons. The van der Waals surface area contributed by atoms with Crippen LogP contribution in [-0.4, -0.2) is 17.9 Å². The van der Waals surface area contributed by atoms with Gasteiger partial charge in [0, 0.05) is 10.5 Å². The van der Waals surface area contributed by atoms with Crippen LogP contribution in [0.25, 0.3) is 6.08 Å². The van der Waals surface area contributed by atoms with Gasteiger partial charge in [0.05, 0.1) is 4.88 Å².